The zero-order valence-electron chi connectivity index (χ0n) is 31.7. The average molecular weight is 740 g/mol. The fraction of sp³-hybridized carbons (Fsp3) is 0. The van der Waals surface area contributed by atoms with E-state index in [1.165, 1.54) is 38.4 Å². The molecule has 0 saturated carbocycles. The van der Waals surface area contributed by atoms with Crippen molar-refractivity contribution in [2.24, 2.45) is 0 Å². The summed E-state index contributed by atoms with van der Waals surface area (Å²) in [5, 5.41) is 7.04. The molecule has 0 unspecified atom stereocenters. The van der Waals surface area contributed by atoms with Gasteiger partial charge in [0.2, 0.25) is 0 Å². The Bertz CT molecular complexity index is 3270. The lowest BCUT2D eigenvalue weighted by Gasteiger charge is -2.28. The minimum Gasteiger partial charge on any atom is -0.455 e. The van der Waals surface area contributed by atoms with Crippen LogP contribution in [0.15, 0.2) is 229 Å². The monoisotopic (exact) mass is 739 g/mol. The van der Waals surface area contributed by atoms with Gasteiger partial charge in [0, 0.05) is 33.1 Å². The molecule has 0 atom stereocenters. The van der Waals surface area contributed by atoms with Crippen LogP contribution in [0.25, 0.3) is 88.0 Å². The van der Waals surface area contributed by atoms with Crippen molar-refractivity contribution < 1.29 is 4.42 Å². The van der Waals surface area contributed by atoms with E-state index in [0.717, 1.165) is 66.6 Å². The maximum Gasteiger partial charge on any atom is 0.143 e. The number of hydrogen-bond acceptors (Lipinski definition) is 2. The lowest BCUT2D eigenvalue weighted by Crippen LogP contribution is -2.11. The quantitative estimate of drug-likeness (QED) is 0.162. The highest BCUT2D eigenvalue weighted by atomic mass is 16.3. The standard InChI is InChI=1S/C56H37NO/c1-2-12-38(13-3-1)40-24-27-43(28-25-40)49-19-8-9-22-53(49)57(47-33-30-41(31-34-47)45-29-26-39-14-4-5-16-44(39)36-45)48-18-10-17-46(37-48)50-21-11-23-54-55(50)52-35-32-42-15-6-7-20-51(42)56(52)58-54/h1-37H. The molecule has 0 radical (unpaired) electrons. The summed E-state index contributed by atoms with van der Waals surface area (Å²) in [5.41, 5.74) is 14.4. The summed E-state index contributed by atoms with van der Waals surface area (Å²) < 4.78 is 6.61. The Labute approximate surface area is 337 Å². The smallest absolute Gasteiger partial charge is 0.143 e. The molecular formula is C56H37NO. The van der Waals surface area contributed by atoms with E-state index in [1.807, 2.05) is 0 Å². The minimum atomic E-state index is 0.889. The average Bonchev–Trinajstić information content (AvgIpc) is 3.70. The van der Waals surface area contributed by atoms with E-state index in [1.54, 1.807) is 0 Å². The molecule has 1 heterocycles. The van der Waals surface area contributed by atoms with E-state index in [-0.39, 0.29) is 0 Å². The zero-order valence-corrected chi connectivity index (χ0v) is 31.7. The number of benzene rings is 10. The van der Waals surface area contributed by atoms with Crippen molar-refractivity contribution in [3.8, 4) is 44.5 Å². The van der Waals surface area contributed by atoms with Crippen LogP contribution in [0.3, 0.4) is 0 Å². The van der Waals surface area contributed by atoms with Gasteiger partial charge in [-0.3, -0.25) is 0 Å². The molecule has 10 aromatic carbocycles. The van der Waals surface area contributed by atoms with Crippen LogP contribution in [0.5, 0.6) is 0 Å². The number of hydrogen-bond donors (Lipinski definition) is 0. The van der Waals surface area contributed by atoms with Gasteiger partial charge in [0.25, 0.3) is 0 Å². The summed E-state index contributed by atoms with van der Waals surface area (Å²) in [7, 11) is 0. The molecule has 272 valence electrons. The van der Waals surface area contributed by atoms with Crippen LogP contribution >= 0.6 is 0 Å². The van der Waals surface area contributed by atoms with Crippen molar-refractivity contribution in [1.29, 1.82) is 0 Å². The molecule has 0 aliphatic carbocycles. The van der Waals surface area contributed by atoms with Gasteiger partial charge >= 0.3 is 0 Å². The molecule has 11 aromatic rings. The molecule has 1 aromatic heterocycles. The third-order valence-corrected chi connectivity index (χ3v) is 11.5. The Morgan fingerprint density at radius 3 is 1.78 bits per heavy atom. The Hall–Kier alpha value is -7.68. The predicted octanol–water partition coefficient (Wildman–Crippen LogP) is 16.0. The molecule has 0 N–H and O–H groups in total. The molecule has 0 saturated heterocycles. The first-order valence-corrected chi connectivity index (χ1v) is 19.8. The largest absolute Gasteiger partial charge is 0.455 e. The molecule has 0 aliphatic heterocycles. The highest BCUT2D eigenvalue weighted by Gasteiger charge is 2.20. The Kier molecular flexibility index (Phi) is 8.19. The van der Waals surface area contributed by atoms with Gasteiger partial charge in [-0.2, -0.15) is 0 Å². The third-order valence-electron chi connectivity index (χ3n) is 11.5. The van der Waals surface area contributed by atoms with Crippen LogP contribution in [-0.4, -0.2) is 0 Å². The van der Waals surface area contributed by atoms with Gasteiger partial charge in [-0.05, 0) is 104 Å². The molecule has 2 heteroatoms. The number of nitrogens with zero attached hydrogens (tertiary/aromatic N) is 1. The van der Waals surface area contributed by atoms with Crippen LogP contribution in [-0.2, 0) is 0 Å². The molecule has 0 amide bonds. The van der Waals surface area contributed by atoms with Crippen LogP contribution in [0.1, 0.15) is 0 Å². The summed E-state index contributed by atoms with van der Waals surface area (Å²) >= 11 is 0. The van der Waals surface area contributed by atoms with Crippen LogP contribution < -0.4 is 4.90 Å². The van der Waals surface area contributed by atoms with E-state index in [2.05, 4.69) is 229 Å². The molecular weight excluding hydrogens is 703 g/mol. The van der Waals surface area contributed by atoms with Crippen LogP contribution in [0.2, 0.25) is 0 Å². The first-order valence-electron chi connectivity index (χ1n) is 19.8. The summed E-state index contributed by atoms with van der Waals surface area (Å²) in [6.07, 6.45) is 0. The number of anilines is 3. The topological polar surface area (TPSA) is 16.4 Å². The van der Waals surface area contributed by atoms with Gasteiger partial charge in [-0.15, -0.1) is 0 Å². The Morgan fingerprint density at radius 2 is 0.914 bits per heavy atom. The zero-order chi connectivity index (χ0) is 38.4. The second kappa shape index (κ2) is 14.1. The van der Waals surface area contributed by atoms with Gasteiger partial charge in [-0.25, -0.2) is 0 Å². The molecule has 11 rings (SSSR count). The SMILES string of the molecule is c1ccc(-c2ccc(-c3ccccc3N(c3ccc(-c4ccc5ccccc5c4)cc3)c3cccc(-c4cccc5oc6c7ccccc7ccc6c45)c3)cc2)cc1. The lowest BCUT2D eigenvalue weighted by atomic mass is 9.96. The second-order valence-corrected chi connectivity index (χ2v) is 14.9. The molecule has 0 aliphatic rings. The van der Waals surface area contributed by atoms with E-state index in [4.69, 9.17) is 4.42 Å². The lowest BCUT2D eigenvalue weighted by molar-refractivity contribution is 0.673. The predicted molar refractivity (Wildman–Crippen MR) is 245 cm³/mol. The van der Waals surface area contributed by atoms with Crippen LogP contribution in [0.4, 0.5) is 17.1 Å². The van der Waals surface area contributed by atoms with Crippen LogP contribution in [0, 0.1) is 0 Å². The number of para-hydroxylation sites is 1. The van der Waals surface area contributed by atoms with E-state index in [9.17, 15) is 0 Å². The number of rotatable bonds is 7. The molecule has 58 heavy (non-hydrogen) atoms. The van der Waals surface area contributed by atoms with E-state index in [0.29, 0.717) is 0 Å². The molecule has 0 fully saturated rings. The molecule has 0 spiro atoms. The van der Waals surface area contributed by atoms with E-state index < -0.39 is 0 Å². The number of fused-ring (bicyclic) bond motifs is 6. The maximum absolute atomic E-state index is 6.61. The van der Waals surface area contributed by atoms with Crippen molar-refractivity contribution in [2.75, 3.05) is 4.90 Å². The Balaban J connectivity index is 1.06. The van der Waals surface area contributed by atoms with Crippen molar-refractivity contribution in [1.82, 2.24) is 0 Å². The highest BCUT2D eigenvalue weighted by Crippen LogP contribution is 2.45. The van der Waals surface area contributed by atoms with Gasteiger partial charge in [0.15, 0.2) is 0 Å². The summed E-state index contributed by atoms with van der Waals surface area (Å²) in [6.45, 7) is 0. The van der Waals surface area contributed by atoms with Crippen molar-refractivity contribution >= 4 is 60.5 Å². The Morgan fingerprint density at radius 1 is 0.310 bits per heavy atom. The summed E-state index contributed by atoms with van der Waals surface area (Å²) in [6, 6.07) is 80.7. The van der Waals surface area contributed by atoms with Crippen molar-refractivity contribution in [3.05, 3.63) is 224 Å². The van der Waals surface area contributed by atoms with Crippen molar-refractivity contribution in [2.45, 2.75) is 0 Å². The normalized spacial score (nSPS) is 11.4. The summed E-state index contributed by atoms with van der Waals surface area (Å²) in [5.74, 6) is 0. The first kappa shape index (κ1) is 33.6. The highest BCUT2D eigenvalue weighted by molar-refractivity contribution is 6.19. The minimum absolute atomic E-state index is 0.889. The number of furan rings is 1. The fourth-order valence-corrected chi connectivity index (χ4v) is 8.59. The molecule has 2 nitrogen and oxygen atoms in total. The van der Waals surface area contributed by atoms with Gasteiger partial charge in [0.05, 0.1) is 5.69 Å². The third kappa shape index (κ3) is 5.91. The maximum atomic E-state index is 6.61. The first-order chi connectivity index (χ1) is 28.7. The van der Waals surface area contributed by atoms with Gasteiger partial charge in [-0.1, -0.05) is 176 Å². The van der Waals surface area contributed by atoms with Crippen molar-refractivity contribution in [3.63, 3.8) is 0 Å². The summed E-state index contributed by atoms with van der Waals surface area (Å²) in [4.78, 5) is 2.40. The fourth-order valence-electron chi connectivity index (χ4n) is 8.59. The second-order valence-electron chi connectivity index (χ2n) is 14.9. The van der Waals surface area contributed by atoms with E-state index >= 15 is 0 Å². The molecule has 0 bridgehead atoms. The van der Waals surface area contributed by atoms with Gasteiger partial charge in [0.1, 0.15) is 11.2 Å². The van der Waals surface area contributed by atoms with Gasteiger partial charge < -0.3 is 9.32 Å².